The summed E-state index contributed by atoms with van der Waals surface area (Å²) in [7, 11) is 0. The van der Waals surface area contributed by atoms with E-state index < -0.39 is 17.5 Å². The molecular weight excluding hydrogens is 302 g/mol. The maximum Gasteiger partial charge on any atom is 0.260 e. The summed E-state index contributed by atoms with van der Waals surface area (Å²) < 4.78 is 0. The monoisotopic (exact) mass is 319 g/mol. The largest absolute Gasteiger partial charge is 0.339 e. The van der Waals surface area contributed by atoms with Crippen molar-refractivity contribution in [1.29, 1.82) is 0 Å². The molecule has 0 saturated heterocycles. The van der Waals surface area contributed by atoms with Crippen LogP contribution >= 0.6 is 0 Å². The van der Waals surface area contributed by atoms with Crippen LogP contribution in [0.25, 0.3) is 0 Å². The molecule has 3 rings (SSSR count). The molecule has 0 spiro atoms. The Hall–Kier alpha value is -3.21. The van der Waals surface area contributed by atoms with Crippen LogP contribution in [0.15, 0.2) is 71.7 Å². The Morgan fingerprint density at radius 1 is 1.04 bits per heavy atom. The molecule has 3 aromatic rings. The van der Waals surface area contributed by atoms with Gasteiger partial charge in [0, 0.05) is 11.9 Å². The molecule has 1 aromatic carbocycles. The first-order valence-electron chi connectivity index (χ1n) is 7.62. The van der Waals surface area contributed by atoms with Gasteiger partial charge in [-0.15, -0.1) is 0 Å². The number of benzene rings is 1. The van der Waals surface area contributed by atoms with Crippen molar-refractivity contribution in [3.8, 4) is 0 Å². The van der Waals surface area contributed by atoms with Gasteiger partial charge < -0.3 is 10.3 Å². The fourth-order valence-corrected chi connectivity index (χ4v) is 2.48. The van der Waals surface area contributed by atoms with Crippen LogP contribution in [0.4, 0.5) is 0 Å². The number of aromatic amines is 1. The summed E-state index contributed by atoms with van der Waals surface area (Å²) in [6, 6.07) is 17.9. The minimum atomic E-state index is -0.434. The number of aromatic nitrogens is 2. The first-order valence-corrected chi connectivity index (χ1v) is 7.62. The van der Waals surface area contributed by atoms with Gasteiger partial charge in [-0.05, 0) is 36.8 Å². The van der Waals surface area contributed by atoms with Crippen LogP contribution in [-0.4, -0.2) is 15.9 Å². The van der Waals surface area contributed by atoms with E-state index in [9.17, 15) is 9.59 Å². The Morgan fingerprint density at radius 2 is 1.79 bits per heavy atom. The van der Waals surface area contributed by atoms with Crippen LogP contribution in [0.1, 0.15) is 33.4 Å². The Balaban J connectivity index is 1.95. The number of nitrogens with zero attached hydrogens (tertiary/aromatic N) is 1. The molecule has 0 aliphatic rings. The Morgan fingerprint density at radius 3 is 2.46 bits per heavy atom. The zero-order chi connectivity index (χ0) is 16.9. The summed E-state index contributed by atoms with van der Waals surface area (Å²) in [5.41, 5.74) is 1.99. The summed E-state index contributed by atoms with van der Waals surface area (Å²) in [4.78, 5) is 31.6. The molecule has 24 heavy (non-hydrogen) atoms. The fourth-order valence-electron chi connectivity index (χ4n) is 2.48. The van der Waals surface area contributed by atoms with E-state index in [4.69, 9.17) is 0 Å². The van der Waals surface area contributed by atoms with Crippen molar-refractivity contribution in [3.05, 3.63) is 99.7 Å². The molecule has 0 bridgehead atoms. The van der Waals surface area contributed by atoms with E-state index in [-0.39, 0.29) is 5.56 Å². The van der Waals surface area contributed by atoms with E-state index in [0.29, 0.717) is 11.4 Å². The maximum absolute atomic E-state index is 12.6. The average molecular weight is 319 g/mol. The Labute approximate surface area is 139 Å². The van der Waals surface area contributed by atoms with Crippen LogP contribution < -0.4 is 10.9 Å². The zero-order valence-electron chi connectivity index (χ0n) is 13.2. The van der Waals surface area contributed by atoms with Gasteiger partial charge >= 0.3 is 0 Å². The molecule has 0 aliphatic heterocycles. The first-order chi connectivity index (χ1) is 11.6. The topological polar surface area (TPSA) is 74.8 Å². The molecule has 0 aliphatic carbocycles. The van der Waals surface area contributed by atoms with E-state index in [1.54, 1.807) is 19.2 Å². The van der Waals surface area contributed by atoms with Crippen LogP contribution in [0.5, 0.6) is 0 Å². The van der Waals surface area contributed by atoms with Crippen molar-refractivity contribution in [2.24, 2.45) is 0 Å². The first kappa shape index (κ1) is 15.7. The Bertz CT molecular complexity index is 850. The van der Waals surface area contributed by atoms with Crippen molar-refractivity contribution in [2.75, 3.05) is 0 Å². The minimum Gasteiger partial charge on any atom is -0.339 e. The second-order valence-electron chi connectivity index (χ2n) is 5.46. The molecule has 0 fully saturated rings. The molecule has 5 heteroatoms. The van der Waals surface area contributed by atoms with Crippen molar-refractivity contribution in [3.63, 3.8) is 0 Å². The molecule has 2 N–H and O–H groups in total. The van der Waals surface area contributed by atoms with Crippen LogP contribution in [0.2, 0.25) is 0 Å². The van der Waals surface area contributed by atoms with Crippen molar-refractivity contribution < 1.29 is 4.79 Å². The SMILES string of the molecule is Cc1ccc(C(=O)N[C@H](c2ccccc2)c2ccccn2)c(=O)[nH]1. The molecule has 5 nitrogen and oxygen atoms in total. The van der Waals surface area contributed by atoms with Gasteiger partial charge in [-0.25, -0.2) is 0 Å². The van der Waals surface area contributed by atoms with Gasteiger partial charge in [0.2, 0.25) is 0 Å². The number of nitrogens with one attached hydrogen (secondary N) is 2. The third-order valence-electron chi connectivity index (χ3n) is 3.69. The van der Waals surface area contributed by atoms with Gasteiger partial charge in [-0.2, -0.15) is 0 Å². The lowest BCUT2D eigenvalue weighted by Crippen LogP contribution is -2.33. The number of hydrogen-bond acceptors (Lipinski definition) is 3. The van der Waals surface area contributed by atoms with Gasteiger partial charge in [0.25, 0.3) is 11.5 Å². The lowest BCUT2D eigenvalue weighted by Gasteiger charge is -2.18. The molecule has 2 heterocycles. The van der Waals surface area contributed by atoms with E-state index in [1.165, 1.54) is 6.07 Å². The molecule has 1 amide bonds. The second kappa shape index (κ2) is 6.91. The second-order valence-corrected chi connectivity index (χ2v) is 5.46. The molecule has 2 aromatic heterocycles. The molecule has 120 valence electrons. The molecular formula is C19H17N3O2. The van der Waals surface area contributed by atoms with Crippen molar-refractivity contribution in [2.45, 2.75) is 13.0 Å². The maximum atomic E-state index is 12.6. The lowest BCUT2D eigenvalue weighted by atomic mass is 10.0. The fraction of sp³-hybridized carbons (Fsp3) is 0.105. The van der Waals surface area contributed by atoms with E-state index >= 15 is 0 Å². The van der Waals surface area contributed by atoms with E-state index in [2.05, 4.69) is 15.3 Å². The Kier molecular flexibility index (Phi) is 4.52. The number of H-pyrrole nitrogens is 1. The number of amides is 1. The van der Waals surface area contributed by atoms with Gasteiger partial charge in [0.15, 0.2) is 0 Å². The van der Waals surface area contributed by atoms with Crippen LogP contribution in [0.3, 0.4) is 0 Å². The summed E-state index contributed by atoms with van der Waals surface area (Å²) in [5.74, 6) is -0.434. The zero-order valence-corrected chi connectivity index (χ0v) is 13.2. The van der Waals surface area contributed by atoms with Crippen molar-refractivity contribution in [1.82, 2.24) is 15.3 Å². The van der Waals surface area contributed by atoms with E-state index in [1.807, 2.05) is 48.5 Å². The molecule has 0 radical (unpaired) electrons. The van der Waals surface area contributed by atoms with Crippen molar-refractivity contribution >= 4 is 5.91 Å². The van der Waals surface area contributed by atoms with E-state index in [0.717, 1.165) is 5.56 Å². The van der Waals surface area contributed by atoms with Gasteiger partial charge in [-0.1, -0.05) is 36.4 Å². The lowest BCUT2D eigenvalue weighted by molar-refractivity contribution is 0.0940. The number of aryl methyl sites for hydroxylation is 1. The summed E-state index contributed by atoms with van der Waals surface area (Å²) in [6.07, 6.45) is 1.68. The predicted octanol–water partition coefficient (Wildman–Crippen LogP) is 2.60. The minimum absolute atomic E-state index is 0.0810. The van der Waals surface area contributed by atoms with Gasteiger partial charge in [0.05, 0.1) is 11.7 Å². The highest BCUT2D eigenvalue weighted by Crippen LogP contribution is 2.20. The quantitative estimate of drug-likeness (QED) is 0.776. The third-order valence-corrected chi connectivity index (χ3v) is 3.69. The molecule has 0 unspecified atom stereocenters. The van der Waals surface area contributed by atoms with Crippen LogP contribution in [-0.2, 0) is 0 Å². The summed E-state index contributed by atoms with van der Waals surface area (Å²) >= 11 is 0. The number of carbonyl (C=O) groups is 1. The third kappa shape index (κ3) is 3.41. The highest BCUT2D eigenvalue weighted by atomic mass is 16.2. The smallest absolute Gasteiger partial charge is 0.260 e. The standard InChI is InChI=1S/C19H17N3O2/c1-13-10-11-15(18(23)21-13)19(24)22-17(14-7-3-2-4-8-14)16-9-5-6-12-20-16/h2-12,17H,1H3,(H,21,23)(H,22,24)/t17-/m1/s1. The highest BCUT2D eigenvalue weighted by Gasteiger charge is 2.20. The number of pyridine rings is 2. The number of hydrogen-bond donors (Lipinski definition) is 2. The van der Waals surface area contributed by atoms with Gasteiger partial charge in [0.1, 0.15) is 5.56 Å². The van der Waals surface area contributed by atoms with Crippen LogP contribution in [0, 0.1) is 6.92 Å². The summed E-state index contributed by atoms with van der Waals surface area (Å²) in [5, 5.41) is 2.90. The predicted molar refractivity (Wildman–Crippen MR) is 91.8 cm³/mol. The normalized spacial score (nSPS) is 11.7. The van der Waals surface area contributed by atoms with Gasteiger partial charge in [-0.3, -0.25) is 14.6 Å². The molecule has 0 saturated carbocycles. The average Bonchev–Trinajstić information content (AvgIpc) is 2.61. The number of carbonyl (C=O) groups excluding carboxylic acids is 1. The number of rotatable bonds is 4. The summed E-state index contributed by atoms with van der Waals surface area (Å²) in [6.45, 7) is 1.77. The highest BCUT2D eigenvalue weighted by molar-refractivity contribution is 5.94. The molecule has 1 atom stereocenters.